The van der Waals surface area contributed by atoms with Crippen LogP contribution in [0.3, 0.4) is 0 Å². The third kappa shape index (κ3) is 4.24. The van der Waals surface area contributed by atoms with Gasteiger partial charge in [-0.15, -0.1) is 0 Å². The zero-order valence-electron chi connectivity index (χ0n) is 15.1. The Kier molecular flexibility index (Phi) is 6.11. The van der Waals surface area contributed by atoms with Crippen LogP contribution < -0.4 is 11.5 Å². The van der Waals surface area contributed by atoms with E-state index < -0.39 is 23.3 Å². The maximum absolute atomic E-state index is 13.6. The number of hydrogen-bond donors (Lipinski definition) is 2. The minimum Gasteiger partial charge on any atom is -0.326 e. The van der Waals surface area contributed by atoms with Crippen LogP contribution >= 0.6 is 0 Å². The second-order valence-electron chi connectivity index (χ2n) is 6.60. The predicted molar refractivity (Wildman–Crippen MR) is 101 cm³/mol. The summed E-state index contributed by atoms with van der Waals surface area (Å²) >= 11 is 0. The van der Waals surface area contributed by atoms with Crippen molar-refractivity contribution in [3.8, 4) is 0 Å². The fourth-order valence-electron chi connectivity index (χ4n) is 3.34. The van der Waals surface area contributed by atoms with Gasteiger partial charge in [-0.1, -0.05) is 24.3 Å². The van der Waals surface area contributed by atoms with Crippen LogP contribution in [0.15, 0.2) is 48.5 Å². The Bertz CT molecular complexity index is 1000. The molecule has 3 rings (SSSR count). The molecule has 0 spiro atoms. The summed E-state index contributed by atoms with van der Waals surface area (Å²) in [5, 5.41) is 0. The third-order valence-corrected chi connectivity index (χ3v) is 4.79. The van der Waals surface area contributed by atoms with Gasteiger partial charge >= 0.3 is 0 Å². The second kappa shape index (κ2) is 8.54. The molecule has 2 nitrogen and oxygen atoms in total. The quantitative estimate of drug-likeness (QED) is 0.617. The Morgan fingerprint density at radius 1 is 0.536 bits per heavy atom. The van der Waals surface area contributed by atoms with Crippen LogP contribution in [-0.2, 0) is 25.9 Å². The molecule has 0 unspecified atom stereocenters. The van der Waals surface area contributed by atoms with Gasteiger partial charge in [-0.2, -0.15) is 0 Å². The first kappa shape index (κ1) is 20.0. The van der Waals surface area contributed by atoms with Crippen LogP contribution in [0.2, 0.25) is 0 Å². The summed E-state index contributed by atoms with van der Waals surface area (Å²) in [6.45, 7) is 0.500. The van der Waals surface area contributed by atoms with E-state index in [1.54, 1.807) is 0 Å². The van der Waals surface area contributed by atoms with Crippen molar-refractivity contribution < 1.29 is 17.6 Å². The lowest BCUT2D eigenvalue weighted by Gasteiger charge is -2.18. The fourth-order valence-corrected chi connectivity index (χ4v) is 3.34. The smallest absolute Gasteiger partial charge is 0.159 e. The Balaban J connectivity index is 2.05. The van der Waals surface area contributed by atoms with Crippen LogP contribution in [0.4, 0.5) is 17.6 Å². The van der Waals surface area contributed by atoms with E-state index in [0.717, 1.165) is 46.5 Å². The fraction of sp³-hybridized carbons (Fsp3) is 0.182. The molecule has 0 radical (unpaired) electrons. The van der Waals surface area contributed by atoms with Gasteiger partial charge in [0.1, 0.15) is 0 Å². The molecule has 0 bridgehead atoms. The van der Waals surface area contributed by atoms with Gasteiger partial charge < -0.3 is 11.5 Å². The lowest BCUT2D eigenvalue weighted by Crippen LogP contribution is -2.12. The summed E-state index contributed by atoms with van der Waals surface area (Å²) in [6.07, 6.45) is 0.657. The number of nitrogens with two attached hydrogens (primary N) is 2. The first-order chi connectivity index (χ1) is 13.4. The maximum Gasteiger partial charge on any atom is 0.159 e. The van der Waals surface area contributed by atoms with Crippen LogP contribution in [0.1, 0.15) is 33.4 Å². The molecule has 0 amide bonds. The summed E-state index contributed by atoms with van der Waals surface area (Å²) in [4.78, 5) is 0. The SMILES string of the molecule is NCc1ccc(Cc2ccc(F)c(F)c2)c(Cc2ccc(F)c(F)c2)c1CN. The Labute approximate surface area is 160 Å². The predicted octanol–water partition coefficient (Wildman–Crippen LogP) is 4.34. The highest BCUT2D eigenvalue weighted by Gasteiger charge is 2.15. The molecule has 4 N–H and O–H groups in total. The molecule has 3 aromatic rings. The van der Waals surface area contributed by atoms with Gasteiger partial charge in [-0.3, -0.25) is 0 Å². The number of hydrogen-bond acceptors (Lipinski definition) is 2. The molecule has 0 aliphatic carbocycles. The van der Waals surface area contributed by atoms with Crippen LogP contribution in [0.5, 0.6) is 0 Å². The first-order valence-electron chi connectivity index (χ1n) is 8.83. The van der Waals surface area contributed by atoms with Crippen molar-refractivity contribution in [1.29, 1.82) is 0 Å². The molecule has 0 saturated carbocycles. The van der Waals surface area contributed by atoms with Gasteiger partial charge in [0.15, 0.2) is 23.3 Å². The van der Waals surface area contributed by atoms with Gasteiger partial charge in [-0.05, 0) is 70.5 Å². The topological polar surface area (TPSA) is 52.0 Å². The van der Waals surface area contributed by atoms with Crippen molar-refractivity contribution in [3.63, 3.8) is 0 Å². The molecule has 3 aromatic carbocycles. The van der Waals surface area contributed by atoms with Gasteiger partial charge in [0.25, 0.3) is 0 Å². The molecular formula is C22H20F4N2. The molecule has 0 aliphatic heterocycles. The molecule has 0 aromatic heterocycles. The zero-order chi connectivity index (χ0) is 20.3. The molecule has 0 aliphatic rings. The first-order valence-corrected chi connectivity index (χ1v) is 8.83. The van der Waals surface area contributed by atoms with Crippen molar-refractivity contribution in [2.24, 2.45) is 11.5 Å². The summed E-state index contributed by atoms with van der Waals surface area (Å²) in [6, 6.07) is 11.2. The Morgan fingerprint density at radius 3 is 1.57 bits per heavy atom. The normalized spacial score (nSPS) is 11.1. The highest BCUT2D eigenvalue weighted by Crippen LogP contribution is 2.26. The average Bonchev–Trinajstić information content (AvgIpc) is 2.68. The molecular weight excluding hydrogens is 368 g/mol. The molecule has 6 heteroatoms. The summed E-state index contributed by atoms with van der Waals surface area (Å²) in [5.41, 5.74) is 16.3. The number of benzene rings is 3. The molecule has 146 valence electrons. The standard InChI is InChI=1S/C22H20F4N2/c23-19-5-1-13(9-21(19)25)7-15-3-4-16(11-27)18(12-28)17(15)8-14-2-6-20(24)22(26)10-14/h1-6,9-10H,7-8,11-12,27-28H2. The monoisotopic (exact) mass is 388 g/mol. The van der Waals surface area contributed by atoms with Crippen LogP contribution in [-0.4, -0.2) is 0 Å². The lowest BCUT2D eigenvalue weighted by atomic mass is 9.88. The highest BCUT2D eigenvalue weighted by atomic mass is 19.2. The Hall–Kier alpha value is -2.70. The largest absolute Gasteiger partial charge is 0.326 e. The van der Waals surface area contributed by atoms with E-state index in [0.29, 0.717) is 24.0 Å². The van der Waals surface area contributed by atoms with Crippen molar-refractivity contribution in [2.75, 3.05) is 0 Å². The van der Waals surface area contributed by atoms with Gasteiger partial charge in [0.2, 0.25) is 0 Å². The van der Waals surface area contributed by atoms with Crippen molar-refractivity contribution in [2.45, 2.75) is 25.9 Å². The van der Waals surface area contributed by atoms with Gasteiger partial charge in [0, 0.05) is 13.1 Å². The van der Waals surface area contributed by atoms with Crippen molar-refractivity contribution in [3.05, 3.63) is 105 Å². The Morgan fingerprint density at radius 2 is 1.07 bits per heavy atom. The molecule has 0 atom stereocenters. The number of rotatable bonds is 6. The van der Waals surface area contributed by atoms with E-state index in [4.69, 9.17) is 11.5 Å². The zero-order valence-corrected chi connectivity index (χ0v) is 15.1. The summed E-state index contributed by atoms with van der Waals surface area (Å²) < 4.78 is 53.7. The lowest BCUT2D eigenvalue weighted by molar-refractivity contribution is 0.507. The maximum atomic E-state index is 13.6. The summed E-state index contributed by atoms with van der Waals surface area (Å²) in [7, 11) is 0. The van der Waals surface area contributed by atoms with E-state index in [1.807, 2.05) is 12.1 Å². The van der Waals surface area contributed by atoms with Crippen molar-refractivity contribution in [1.82, 2.24) is 0 Å². The van der Waals surface area contributed by atoms with Gasteiger partial charge in [-0.25, -0.2) is 17.6 Å². The van der Waals surface area contributed by atoms with Crippen molar-refractivity contribution >= 4 is 0 Å². The van der Waals surface area contributed by atoms with E-state index >= 15 is 0 Å². The minimum absolute atomic E-state index is 0.219. The van der Waals surface area contributed by atoms with Crippen LogP contribution in [0.25, 0.3) is 0 Å². The number of halogens is 4. The second-order valence-corrected chi connectivity index (χ2v) is 6.60. The third-order valence-electron chi connectivity index (χ3n) is 4.79. The summed E-state index contributed by atoms with van der Waals surface area (Å²) in [5.74, 6) is -3.67. The van der Waals surface area contributed by atoms with E-state index in [1.165, 1.54) is 12.1 Å². The molecule has 0 fully saturated rings. The minimum atomic E-state index is -0.927. The van der Waals surface area contributed by atoms with E-state index in [2.05, 4.69) is 0 Å². The van der Waals surface area contributed by atoms with E-state index in [-0.39, 0.29) is 13.1 Å². The van der Waals surface area contributed by atoms with E-state index in [9.17, 15) is 17.6 Å². The van der Waals surface area contributed by atoms with Gasteiger partial charge in [0.05, 0.1) is 0 Å². The molecule has 28 heavy (non-hydrogen) atoms. The van der Waals surface area contributed by atoms with Crippen LogP contribution in [0, 0.1) is 23.3 Å². The molecule has 0 saturated heterocycles. The highest BCUT2D eigenvalue weighted by molar-refractivity contribution is 5.46. The average molecular weight is 388 g/mol. The molecule has 0 heterocycles.